The van der Waals surface area contributed by atoms with Crippen LogP contribution in [0.1, 0.15) is 22.3 Å². The maximum Gasteiger partial charge on any atom is 0.160 e. The number of fused-ring (bicyclic) bond motifs is 12. The minimum atomic E-state index is -0.605. The van der Waals surface area contributed by atoms with E-state index >= 15 is 0 Å². The number of hydrogen-bond donors (Lipinski definition) is 0. The Balaban J connectivity index is 1.09. The molecule has 0 N–H and O–H groups in total. The van der Waals surface area contributed by atoms with E-state index in [-0.39, 0.29) is 0 Å². The Kier molecular flexibility index (Phi) is 7.14. The van der Waals surface area contributed by atoms with Crippen molar-refractivity contribution in [2.45, 2.75) is 5.41 Å². The van der Waals surface area contributed by atoms with E-state index in [1.54, 1.807) is 0 Å². The van der Waals surface area contributed by atoms with Gasteiger partial charge in [0, 0.05) is 33.2 Å². The molecule has 58 heavy (non-hydrogen) atoms. The summed E-state index contributed by atoms with van der Waals surface area (Å²) in [5.74, 6) is 2.36. The lowest BCUT2D eigenvalue weighted by Crippen LogP contribution is -2.32. The van der Waals surface area contributed by atoms with Crippen LogP contribution in [0.3, 0.4) is 0 Å². The minimum absolute atomic E-state index is 0.605. The summed E-state index contributed by atoms with van der Waals surface area (Å²) in [6.07, 6.45) is 0. The van der Waals surface area contributed by atoms with Crippen molar-refractivity contribution >= 4 is 21.5 Å². The fourth-order valence-electron chi connectivity index (χ4n) is 9.60. The van der Waals surface area contributed by atoms with E-state index in [2.05, 4.69) is 188 Å². The smallest absolute Gasteiger partial charge is 0.160 e. The van der Waals surface area contributed by atoms with E-state index in [0.29, 0.717) is 5.82 Å². The third-order valence-corrected chi connectivity index (χ3v) is 12.2. The van der Waals surface area contributed by atoms with Crippen molar-refractivity contribution in [1.29, 1.82) is 0 Å². The van der Waals surface area contributed by atoms with Crippen LogP contribution >= 0.6 is 0 Å². The first kappa shape index (κ1) is 32.6. The SMILES string of the molecule is c1ccc(-c2nc(-c3ccc(-c4cccc5ccccc45)cc3)cc(-c3cccc4c3Oc3c(ccc5ccccc35)C43c4ccccc4-c4ccccc43)n2)cc1. The molecule has 0 bridgehead atoms. The molecule has 0 radical (unpaired) electrons. The zero-order valence-corrected chi connectivity index (χ0v) is 31.4. The van der Waals surface area contributed by atoms with E-state index in [1.165, 1.54) is 38.6 Å². The Morgan fingerprint density at radius 1 is 0.328 bits per heavy atom. The van der Waals surface area contributed by atoms with Crippen molar-refractivity contribution in [1.82, 2.24) is 9.97 Å². The van der Waals surface area contributed by atoms with E-state index < -0.39 is 5.41 Å². The molecule has 12 rings (SSSR count). The summed E-state index contributed by atoms with van der Waals surface area (Å²) in [5, 5.41) is 4.69. The van der Waals surface area contributed by atoms with E-state index in [4.69, 9.17) is 14.7 Å². The molecule has 9 aromatic carbocycles. The first-order valence-electron chi connectivity index (χ1n) is 19.8. The fourth-order valence-corrected chi connectivity index (χ4v) is 9.60. The van der Waals surface area contributed by atoms with E-state index in [0.717, 1.165) is 67.0 Å². The number of rotatable bonds is 4. The quantitative estimate of drug-likeness (QED) is 0.180. The zero-order chi connectivity index (χ0) is 38.2. The second-order valence-electron chi connectivity index (χ2n) is 15.2. The summed E-state index contributed by atoms with van der Waals surface area (Å²) in [4.78, 5) is 10.6. The molecular formula is C55H34N2O. The van der Waals surface area contributed by atoms with Gasteiger partial charge in [-0.05, 0) is 61.7 Å². The lowest BCUT2D eigenvalue weighted by Gasteiger charge is -2.40. The number of hydrogen-bond acceptors (Lipinski definition) is 3. The molecular weight excluding hydrogens is 705 g/mol. The minimum Gasteiger partial charge on any atom is -0.455 e. The molecule has 2 aliphatic rings. The molecule has 270 valence electrons. The van der Waals surface area contributed by atoms with Crippen LogP contribution in [-0.4, -0.2) is 9.97 Å². The Labute approximate surface area is 336 Å². The molecule has 0 unspecified atom stereocenters. The van der Waals surface area contributed by atoms with Gasteiger partial charge >= 0.3 is 0 Å². The van der Waals surface area contributed by atoms with Gasteiger partial charge in [0.25, 0.3) is 0 Å². The van der Waals surface area contributed by atoms with Gasteiger partial charge in [0.1, 0.15) is 11.5 Å². The highest BCUT2D eigenvalue weighted by Crippen LogP contribution is 2.64. The third-order valence-electron chi connectivity index (χ3n) is 12.2. The first-order chi connectivity index (χ1) is 28.8. The summed E-state index contributed by atoms with van der Waals surface area (Å²) in [6, 6.07) is 73.6. The third kappa shape index (κ3) is 4.74. The van der Waals surface area contributed by atoms with Crippen molar-refractivity contribution in [2.24, 2.45) is 0 Å². The molecule has 3 heteroatoms. The Morgan fingerprint density at radius 2 is 0.862 bits per heavy atom. The molecule has 1 aliphatic carbocycles. The number of para-hydroxylation sites is 1. The summed E-state index contributed by atoms with van der Waals surface area (Å²) < 4.78 is 7.32. The largest absolute Gasteiger partial charge is 0.455 e. The van der Waals surface area contributed by atoms with Gasteiger partial charge in [0.05, 0.1) is 16.8 Å². The molecule has 3 nitrogen and oxygen atoms in total. The van der Waals surface area contributed by atoms with Gasteiger partial charge in [0.15, 0.2) is 5.82 Å². The van der Waals surface area contributed by atoms with Crippen LogP contribution in [0.5, 0.6) is 11.5 Å². The summed E-state index contributed by atoms with van der Waals surface area (Å²) in [6.45, 7) is 0. The number of benzene rings is 9. The Hall–Kier alpha value is -7.62. The highest BCUT2D eigenvalue weighted by Gasteiger charge is 2.51. The highest BCUT2D eigenvalue weighted by molar-refractivity contribution is 5.98. The molecule has 10 aromatic rings. The molecule has 0 saturated carbocycles. The van der Waals surface area contributed by atoms with E-state index in [1.807, 2.05) is 18.2 Å². The van der Waals surface area contributed by atoms with Gasteiger partial charge in [-0.25, -0.2) is 9.97 Å². The lowest BCUT2D eigenvalue weighted by atomic mass is 9.65. The number of ether oxygens (including phenoxy) is 1. The van der Waals surface area contributed by atoms with Crippen molar-refractivity contribution in [3.63, 3.8) is 0 Å². The van der Waals surface area contributed by atoms with Crippen LogP contribution in [0.25, 0.3) is 77.7 Å². The lowest BCUT2D eigenvalue weighted by molar-refractivity contribution is 0.443. The monoisotopic (exact) mass is 738 g/mol. The van der Waals surface area contributed by atoms with Gasteiger partial charge < -0.3 is 4.74 Å². The summed E-state index contributed by atoms with van der Waals surface area (Å²) in [5.41, 5.74) is 13.6. The van der Waals surface area contributed by atoms with Gasteiger partial charge in [-0.3, -0.25) is 0 Å². The Bertz CT molecular complexity index is 3210. The second-order valence-corrected chi connectivity index (χ2v) is 15.2. The molecule has 2 heterocycles. The van der Waals surface area contributed by atoms with Gasteiger partial charge in [-0.1, -0.05) is 194 Å². The highest BCUT2D eigenvalue weighted by atomic mass is 16.5. The molecule has 0 fully saturated rings. The standard InChI is InChI=1S/C55H34N2O/c1-2-16-39(17-3-1)54-56-50(38-30-28-37(29-31-38)41-23-12-18-35-14-4-6-19-40(35)41)34-51(57-54)45-24-13-27-48-53(45)58-52-42-20-7-5-15-36(42)32-33-49(52)55(48)46-25-10-8-21-43(46)44-22-9-11-26-47(44)55/h1-34H. The predicted molar refractivity (Wildman–Crippen MR) is 236 cm³/mol. The van der Waals surface area contributed by atoms with Crippen LogP contribution in [0.2, 0.25) is 0 Å². The van der Waals surface area contributed by atoms with Crippen molar-refractivity contribution in [2.75, 3.05) is 0 Å². The average Bonchev–Trinajstić information content (AvgIpc) is 3.59. The van der Waals surface area contributed by atoms with Crippen LogP contribution < -0.4 is 4.74 Å². The predicted octanol–water partition coefficient (Wildman–Crippen LogP) is 13.9. The molecule has 1 spiro atoms. The fraction of sp³-hybridized carbons (Fsp3) is 0.0182. The summed E-state index contributed by atoms with van der Waals surface area (Å²) in [7, 11) is 0. The topological polar surface area (TPSA) is 35.0 Å². The van der Waals surface area contributed by atoms with Gasteiger partial charge in [-0.2, -0.15) is 0 Å². The van der Waals surface area contributed by atoms with Crippen molar-refractivity contribution in [3.05, 3.63) is 229 Å². The van der Waals surface area contributed by atoms with Crippen LogP contribution in [0, 0.1) is 0 Å². The molecule has 0 saturated heterocycles. The maximum atomic E-state index is 7.32. The molecule has 0 amide bonds. The number of aromatic nitrogens is 2. The van der Waals surface area contributed by atoms with Crippen LogP contribution in [0.15, 0.2) is 206 Å². The molecule has 1 aliphatic heterocycles. The summed E-state index contributed by atoms with van der Waals surface area (Å²) >= 11 is 0. The average molecular weight is 739 g/mol. The van der Waals surface area contributed by atoms with Crippen LogP contribution in [0.4, 0.5) is 0 Å². The second kappa shape index (κ2) is 12.7. The van der Waals surface area contributed by atoms with Gasteiger partial charge in [0.2, 0.25) is 0 Å². The Morgan fingerprint density at radius 3 is 1.64 bits per heavy atom. The van der Waals surface area contributed by atoms with Crippen molar-refractivity contribution < 1.29 is 4.74 Å². The normalized spacial score (nSPS) is 13.1. The zero-order valence-electron chi connectivity index (χ0n) is 31.4. The molecule has 0 atom stereocenters. The number of nitrogens with zero attached hydrogens (tertiary/aromatic N) is 2. The maximum absolute atomic E-state index is 7.32. The van der Waals surface area contributed by atoms with Crippen molar-refractivity contribution in [3.8, 4) is 67.7 Å². The van der Waals surface area contributed by atoms with E-state index in [9.17, 15) is 0 Å². The first-order valence-corrected chi connectivity index (χ1v) is 19.8. The van der Waals surface area contributed by atoms with Gasteiger partial charge in [-0.15, -0.1) is 0 Å². The molecule has 1 aromatic heterocycles. The van der Waals surface area contributed by atoms with Crippen LogP contribution in [-0.2, 0) is 5.41 Å².